The summed E-state index contributed by atoms with van der Waals surface area (Å²) in [4.78, 5) is 2.22. The molecule has 100 valence electrons. The SMILES string of the molecule is C=C.C=CCC(S)C(=C)N(C)CCCCCC. The number of allylic oxidation sites excluding steroid dienone is 1. The van der Waals surface area contributed by atoms with Crippen LogP contribution in [0, 0.1) is 0 Å². The van der Waals surface area contributed by atoms with Crippen molar-refractivity contribution < 1.29 is 0 Å². The highest BCUT2D eigenvalue weighted by Crippen LogP contribution is 2.15. The normalized spacial score (nSPS) is 11.0. The van der Waals surface area contributed by atoms with E-state index in [1.807, 2.05) is 6.08 Å². The number of unbranched alkanes of at least 4 members (excludes halogenated alkanes) is 3. The van der Waals surface area contributed by atoms with Gasteiger partial charge in [0.1, 0.15) is 0 Å². The molecule has 1 unspecified atom stereocenters. The number of nitrogens with zero attached hydrogens (tertiary/aromatic N) is 1. The van der Waals surface area contributed by atoms with Crippen LogP contribution in [0.5, 0.6) is 0 Å². The third kappa shape index (κ3) is 10.3. The number of hydrogen-bond acceptors (Lipinski definition) is 2. The molecule has 0 aromatic carbocycles. The van der Waals surface area contributed by atoms with Crippen LogP contribution in [-0.2, 0) is 0 Å². The number of hydrogen-bond donors (Lipinski definition) is 1. The largest absolute Gasteiger partial charge is 0.377 e. The minimum absolute atomic E-state index is 0.221. The minimum atomic E-state index is 0.221. The second kappa shape index (κ2) is 13.4. The molecule has 0 heterocycles. The Morgan fingerprint density at radius 2 is 1.88 bits per heavy atom. The molecule has 0 bridgehead atoms. The van der Waals surface area contributed by atoms with Crippen LogP contribution in [0.3, 0.4) is 0 Å². The lowest BCUT2D eigenvalue weighted by atomic mass is 10.2. The Hall–Kier alpha value is -0.630. The summed E-state index contributed by atoms with van der Waals surface area (Å²) in [6.07, 6.45) is 7.97. The molecule has 0 fully saturated rings. The monoisotopic (exact) mass is 255 g/mol. The first-order chi connectivity index (χ1) is 8.13. The molecule has 0 spiro atoms. The Kier molecular flexibility index (Phi) is 14.8. The average molecular weight is 255 g/mol. The molecule has 0 N–H and O–H groups in total. The van der Waals surface area contributed by atoms with Gasteiger partial charge in [-0.05, 0) is 12.8 Å². The zero-order valence-corrected chi connectivity index (χ0v) is 12.5. The van der Waals surface area contributed by atoms with Crippen molar-refractivity contribution in [2.24, 2.45) is 0 Å². The summed E-state index contributed by atoms with van der Waals surface area (Å²) in [5, 5.41) is 0.221. The predicted octanol–water partition coefficient (Wildman–Crippen LogP) is 4.69. The summed E-state index contributed by atoms with van der Waals surface area (Å²) in [6, 6.07) is 0. The summed E-state index contributed by atoms with van der Waals surface area (Å²) in [5.41, 5.74) is 1.11. The summed E-state index contributed by atoms with van der Waals surface area (Å²) >= 11 is 4.50. The van der Waals surface area contributed by atoms with Crippen LogP contribution in [0.2, 0.25) is 0 Å². The lowest BCUT2D eigenvalue weighted by Gasteiger charge is -2.25. The predicted molar refractivity (Wildman–Crippen MR) is 84.8 cm³/mol. The summed E-state index contributed by atoms with van der Waals surface area (Å²) < 4.78 is 0. The number of thiol groups is 1. The summed E-state index contributed by atoms with van der Waals surface area (Å²) in [5.74, 6) is 0. The molecule has 17 heavy (non-hydrogen) atoms. The van der Waals surface area contributed by atoms with Gasteiger partial charge in [-0.15, -0.1) is 19.7 Å². The molecule has 0 aromatic rings. The van der Waals surface area contributed by atoms with Gasteiger partial charge in [0, 0.05) is 24.5 Å². The molecular formula is C15H29NS. The molecule has 0 saturated heterocycles. The van der Waals surface area contributed by atoms with Crippen molar-refractivity contribution >= 4 is 12.6 Å². The van der Waals surface area contributed by atoms with Crippen molar-refractivity contribution in [3.05, 3.63) is 38.1 Å². The first kappa shape index (κ1) is 18.7. The van der Waals surface area contributed by atoms with Gasteiger partial charge in [0.25, 0.3) is 0 Å². The van der Waals surface area contributed by atoms with Gasteiger partial charge in [0.05, 0.1) is 0 Å². The van der Waals surface area contributed by atoms with Crippen molar-refractivity contribution in [2.45, 2.75) is 44.3 Å². The van der Waals surface area contributed by atoms with Crippen LogP contribution in [0.1, 0.15) is 39.0 Å². The highest BCUT2D eigenvalue weighted by molar-refractivity contribution is 7.81. The van der Waals surface area contributed by atoms with Crippen LogP contribution < -0.4 is 0 Å². The Morgan fingerprint density at radius 3 is 2.35 bits per heavy atom. The van der Waals surface area contributed by atoms with Crippen LogP contribution in [0.15, 0.2) is 38.1 Å². The first-order valence-electron chi connectivity index (χ1n) is 6.32. The van der Waals surface area contributed by atoms with Crippen LogP contribution >= 0.6 is 12.6 Å². The maximum atomic E-state index is 4.50. The van der Waals surface area contributed by atoms with E-state index in [-0.39, 0.29) is 5.25 Å². The van der Waals surface area contributed by atoms with E-state index < -0.39 is 0 Å². The highest BCUT2D eigenvalue weighted by Gasteiger charge is 2.09. The van der Waals surface area contributed by atoms with Crippen molar-refractivity contribution in [1.82, 2.24) is 4.90 Å². The maximum absolute atomic E-state index is 4.50. The zero-order chi connectivity index (χ0) is 13.7. The van der Waals surface area contributed by atoms with Gasteiger partial charge < -0.3 is 4.90 Å². The van der Waals surface area contributed by atoms with Gasteiger partial charge in [-0.1, -0.05) is 38.8 Å². The van der Waals surface area contributed by atoms with Gasteiger partial charge in [0.15, 0.2) is 0 Å². The Morgan fingerprint density at radius 1 is 1.29 bits per heavy atom. The second-order valence-corrected chi connectivity index (χ2v) is 4.64. The molecule has 1 nitrogen and oxygen atoms in total. The minimum Gasteiger partial charge on any atom is -0.377 e. The molecule has 0 saturated carbocycles. The summed E-state index contributed by atoms with van der Waals surface area (Å²) in [7, 11) is 2.10. The standard InChI is InChI=1S/C13H25NS.C2H4/c1-5-7-8-9-11-14(4)12(3)13(15)10-6-2;1-2/h6,13,15H,2-3,5,7-11H2,1,4H3;1-2H2. The third-order valence-corrected chi connectivity index (χ3v) is 3.12. The molecule has 0 aromatic heterocycles. The van der Waals surface area contributed by atoms with E-state index in [0.717, 1.165) is 18.7 Å². The lowest BCUT2D eigenvalue weighted by Crippen LogP contribution is -2.24. The van der Waals surface area contributed by atoms with Gasteiger partial charge >= 0.3 is 0 Å². The molecule has 1 atom stereocenters. The molecule has 0 amide bonds. The van der Waals surface area contributed by atoms with Crippen molar-refractivity contribution in [1.29, 1.82) is 0 Å². The number of rotatable bonds is 9. The van der Waals surface area contributed by atoms with Crippen molar-refractivity contribution in [3.8, 4) is 0 Å². The van der Waals surface area contributed by atoms with E-state index in [0.29, 0.717) is 0 Å². The first-order valence-corrected chi connectivity index (χ1v) is 6.84. The maximum Gasteiger partial charge on any atom is 0.0444 e. The fourth-order valence-corrected chi connectivity index (χ4v) is 1.81. The van der Waals surface area contributed by atoms with E-state index in [2.05, 4.69) is 57.8 Å². The topological polar surface area (TPSA) is 3.24 Å². The molecule has 0 rings (SSSR count). The smallest absolute Gasteiger partial charge is 0.0444 e. The molecular weight excluding hydrogens is 226 g/mol. The fourth-order valence-electron chi connectivity index (χ4n) is 1.47. The van der Waals surface area contributed by atoms with E-state index in [1.165, 1.54) is 25.7 Å². The molecule has 2 heteroatoms. The quantitative estimate of drug-likeness (QED) is 0.355. The zero-order valence-electron chi connectivity index (χ0n) is 11.6. The van der Waals surface area contributed by atoms with E-state index in [9.17, 15) is 0 Å². The molecule has 0 aliphatic heterocycles. The van der Waals surface area contributed by atoms with Crippen LogP contribution in [-0.4, -0.2) is 23.7 Å². The Labute approximate surface area is 114 Å². The highest BCUT2D eigenvalue weighted by atomic mass is 32.1. The summed E-state index contributed by atoms with van der Waals surface area (Å²) in [6.45, 7) is 17.1. The van der Waals surface area contributed by atoms with Gasteiger partial charge in [-0.2, -0.15) is 12.6 Å². The Balaban J connectivity index is 0. The fraction of sp³-hybridized carbons (Fsp3) is 0.600. The third-order valence-electron chi connectivity index (χ3n) is 2.61. The molecule has 0 radical (unpaired) electrons. The van der Waals surface area contributed by atoms with Crippen LogP contribution in [0.25, 0.3) is 0 Å². The van der Waals surface area contributed by atoms with E-state index in [4.69, 9.17) is 0 Å². The lowest BCUT2D eigenvalue weighted by molar-refractivity contribution is 0.390. The Bertz CT molecular complexity index is 201. The van der Waals surface area contributed by atoms with E-state index in [1.54, 1.807) is 0 Å². The van der Waals surface area contributed by atoms with Gasteiger partial charge in [-0.25, -0.2) is 0 Å². The van der Waals surface area contributed by atoms with Gasteiger partial charge in [-0.3, -0.25) is 0 Å². The van der Waals surface area contributed by atoms with Crippen molar-refractivity contribution in [3.63, 3.8) is 0 Å². The van der Waals surface area contributed by atoms with Gasteiger partial charge in [0.2, 0.25) is 0 Å². The molecule has 0 aliphatic rings. The second-order valence-electron chi connectivity index (χ2n) is 4.01. The van der Waals surface area contributed by atoms with Crippen molar-refractivity contribution in [2.75, 3.05) is 13.6 Å². The van der Waals surface area contributed by atoms with E-state index >= 15 is 0 Å². The average Bonchev–Trinajstić information content (AvgIpc) is 2.36. The van der Waals surface area contributed by atoms with Crippen LogP contribution in [0.4, 0.5) is 0 Å². The molecule has 0 aliphatic carbocycles.